The molecule has 0 aliphatic carbocycles. The molecule has 1 unspecified atom stereocenters. The number of fused-ring (bicyclic) bond motifs is 1. The van der Waals surface area contributed by atoms with Gasteiger partial charge in [-0.05, 0) is 20.3 Å². The predicted octanol–water partition coefficient (Wildman–Crippen LogP) is 1.84. The van der Waals surface area contributed by atoms with E-state index in [0.29, 0.717) is 11.7 Å². The van der Waals surface area contributed by atoms with E-state index < -0.39 is 0 Å². The highest BCUT2D eigenvalue weighted by atomic mass is 16.5. The van der Waals surface area contributed by atoms with Gasteiger partial charge in [-0.1, -0.05) is 6.92 Å². The molecule has 2 aromatic rings. The smallest absolute Gasteiger partial charge is 0.257 e. The van der Waals surface area contributed by atoms with Crippen molar-refractivity contribution in [2.75, 3.05) is 5.32 Å². The van der Waals surface area contributed by atoms with Crippen molar-refractivity contribution in [3.05, 3.63) is 24.0 Å². The van der Waals surface area contributed by atoms with Crippen LogP contribution >= 0.6 is 0 Å². The van der Waals surface area contributed by atoms with E-state index in [1.807, 2.05) is 18.5 Å². The molecule has 3 heterocycles. The molecule has 2 aromatic heterocycles. The first-order chi connectivity index (χ1) is 10.7. The van der Waals surface area contributed by atoms with E-state index in [2.05, 4.69) is 32.3 Å². The van der Waals surface area contributed by atoms with Crippen LogP contribution in [0.25, 0.3) is 0 Å². The van der Waals surface area contributed by atoms with Crippen LogP contribution < -0.4 is 10.1 Å². The number of nitrogens with zero attached hydrogens (tertiary/aromatic N) is 5. The predicted molar refractivity (Wildman–Crippen MR) is 82.9 cm³/mol. The van der Waals surface area contributed by atoms with Crippen molar-refractivity contribution in [1.82, 2.24) is 24.7 Å². The lowest BCUT2D eigenvalue weighted by Crippen LogP contribution is -2.32. The summed E-state index contributed by atoms with van der Waals surface area (Å²) in [5.74, 6) is 3.24. The third-order valence-electron chi connectivity index (χ3n) is 3.57. The second-order valence-electron chi connectivity index (χ2n) is 5.74. The van der Waals surface area contributed by atoms with Crippen molar-refractivity contribution in [3.63, 3.8) is 0 Å². The van der Waals surface area contributed by atoms with Crippen molar-refractivity contribution in [3.8, 4) is 5.88 Å². The number of ether oxygens (including phenoxy) is 1. The molecule has 0 bridgehead atoms. The highest BCUT2D eigenvalue weighted by Gasteiger charge is 2.22. The van der Waals surface area contributed by atoms with Gasteiger partial charge in [0, 0.05) is 31.3 Å². The molecule has 0 saturated heterocycles. The second-order valence-corrected chi connectivity index (χ2v) is 5.74. The van der Waals surface area contributed by atoms with Gasteiger partial charge in [-0.15, -0.1) is 0 Å². The Hall–Kier alpha value is -2.18. The van der Waals surface area contributed by atoms with Crippen molar-refractivity contribution >= 4 is 5.82 Å². The molecular weight excluding hydrogens is 280 g/mol. The largest absolute Gasteiger partial charge is 0.472 e. The van der Waals surface area contributed by atoms with Crippen LogP contribution in [-0.2, 0) is 19.4 Å². The summed E-state index contributed by atoms with van der Waals surface area (Å²) < 4.78 is 7.71. The monoisotopic (exact) mass is 302 g/mol. The molecule has 3 rings (SSSR count). The summed E-state index contributed by atoms with van der Waals surface area (Å²) >= 11 is 0. The number of hydrogen-bond donors (Lipinski definition) is 1. The molecule has 1 N–H and O–H groups in total. The van der Waals surface area contributed by atoms with Gasteiger partial charge in [-0.3, -0.25) is 0 Å². The Kier molecular flexibility index (Phi) is 4.22. The summed E-state index contributed by atoms with van der Waals surface area (Å²) in [6.45, 7) is 6.83. The van der Waals surface area contributed by atoms with Crippen molar-refractivity contribution in [1.29, 1.82) is 0 Å². The van der Waals surface area contributed by atoms with Gasteiger partial charge in [0.25, 0.3) is 5.88 Å². The molecular formula is C15H22N6O. The van der Waals surface area contributed by atoms with E-state index in [1.54, 1.807) is 12.4 Å². The fourth-order valence-corrected chi connectivity index (χ4v) is 2.56. The summed E-state index contributed by atoms with van der Waals surface area (Å²) in [6.07, 6.45) is 6.18. The fourth-order valence-electron chi connectivity index (χ4n) is 2.56. The highest BCUT2D eigenvalue weighted by Crippen LogP contribution is 2.23. The average molecular weight is 302 g/mol. The van der Waals surface area contributed by atoms with Crippen molar-refractivity contribution in [2.24, 2.45) is 0 Å². The average Bonchev–Trinajstić information content (AvgIpc) is 2.91. The van der Waals surface area contributed by atoms with Crippen LogP contribution in [0, 0.1) is 0 Å². The number of anilines is 1. The molecule has 7 heteroatoms. The molecule has 7 nitrogen and oxygen atoms in total. The van der Waals surface area contributed by atoms with Crippen LogP contribution in [0.4, 0.5) is 5.82 Å². The first-order valence-corrected chi connectivity index (χ1v) is 7.82. The maximum Gasteiger partial charge on any atom is 0.257 e. The Morgan fingerprint density at radius 1 is 1.36 bits per heavy atom. The Balaban J connectivity index is 1.72. The zero-order valence-corrected chi connectivity index (χ0v) is 13.3. The van der Waals surface area contributed by atoms with Gasteiger partial charge in [0.05, 0.1) is 12.6 Å². The Morgan fingerprint density at radius 3 is 2.95 bits per heavy atom. The van der Waals surface area contributed by atoms with Gasteiger partial charge < -0.3 is 10.1 Å². The van der Waals surface area contributed by atoms with Crippen LogP contribution in [0.5, 0.6) is 5.88 Å². The summed E-state index contributed by atoms with van der Waals surface area (Å²) in [5, 5.41) is 7.97. The summed E-state index contributed by atoms with van der Waals surface area (Å²) in [6, 6.07) is 0.255. The number of hydrogen-bond acceptors (Lipinski definition) is 6. The van der Waals surface area contributed by atoms with Gasteiger partial charge in [-0.2, -0.15) is 5.10 Å². The van der Waals surface area contributed by atoms with E-state index in [9.17, 15) is 0 Å². The molecule has 0 radical (unpaired) electrons. The minimum Gasteiger partial charge on any atom is -0.472 e. The third kappa shape index (κ3) is 3.18. The molecule has 1 aliphatic heterocycles. The molecule has 118 valence electrons. The SMILES string of the molecule is CCc1nc2n(n1)CC(Nc1nccnc1OC(C)C)CC2. The Labute approximate surface area is 130 Å². The van der Waals surface area contributed by atoms with Crippen LogP contribution in [0.1, 0.15) is 38.8 Å². The zero-order valence-electron chi connectivity index (χ0n) is 13.3. The van der Waals surface area contributed by atoms with Crippen LogP contribution in [0.2, 0.25) is 0 Å². The van der Waals surface area contributed by atoms with E-state index in [1.165, 1.54) is 0 Å². The molecule has 1 atom stereocenters. The lowest BCUT2D eigenvalue weighted by Gasteiger charge is -2.24. The number of nitrogens with one attached hydrogen (secondary N) is 1. The highest BCUT2D eigenvalue weighted by molar-refractivity contribution is 5.45. The molecule has 22 heavy (non-hydrogen) atoms. The van der Waals surface area contributed by atoms with Gasteiger partial charge in [0.15, 0.2) is 11.6 Å². The van der Waals surface area contributed by atoms with E-state index in [-0.39, 0.29) is 12.1 Å². The molecule has 0 spiro atoms. The lowest BCUT2D eigenvalue weighted by atomic mass is 10.1. The quantitative estimate of drug-likeness (QED) is 0.908. The molecule has 1 aliphatic rings. The van der Waals surface area contributed by atoms with Gasteiger partial charge in [0.2, 0.25) is 0 Å². The fraction of sp³-hybridized carbons (Fsp3) is 0.600. The number of aromatic nitrogens is 5. The molecule has 0 saturated carbocycles. The van der Waals surface area contributed by atoms with Crippen LogP contribution in [0.15, 0.2) is 12.4 Å². The first-order valence-electron chi connectivity index (χ1n) is 7.82. The van der Waals surface area contributed by atoms with Gasteiger partial charge in [-0.25, -0.2) is 19.6 Å². The second kappa shape index (κ2) is 6.29. The van der Waals surface area contributed by atoms with Crippen LogP contribution in [-0.4, -0.2) is 36.9 Å². The maximum absolute atomic E-state index is 5.71. The van der Waals surface area contributed by atoms with E-state index >= 15 is 0 Å². The minimum absolute atomic E-state index is 0.0673. The third-order valence-corrected chi connectivity index (χ3v) is 3.57. The van der Waals surface area contributed by atoms with Gasteiger partial charge in [0.1, 0.15) is 5.82 Å². The first kappa shape index (κ1) is 14.7. The van der Waals surface area contributed by atoms with Crippen molar-refractivity contribution < 1.29 is 4.74 Å². The standard InChI is InChI=1S/C15H22N6O/c1-4-12-19-13-6-5-11(9-21(13)20-12)18-14-15(22-10(2)3)17-8-7-16-14/h7-8,10-11H,4-6,9H2,1-3H3,(H,16,18). The normalized spacial score (nSPS) is 17.4. The number of aryl methyl sites for hydroxylation is 2. The maximum atomic E-state index is 5.71. The van der Waals surface area contributed by atoms with Crippen LogP contribution in [0.3, 0.4) is 0 Å². The Bertz CT molecular complexity index is 639. The molecule has 0 aromatic carbocycles. The summed E-state index contributed by atoms with van der Waals surface area (Å²) in [5.41, 5.74) is 0. The van der Waals surface area contributed by atoms with Crippen molar-refractivity contribution in [2.45, 2.75) is 58.7 Å². The molecule has 0 fully saturated rings. The Morgan fingerprint density at radius 2 is 2.18 bits per heavy atom. The topological polar surface area (TPSA) is 77.8 Å². The zero-order chi connectivity index (χ0) is 15.5. The van der Waals surface area contributed by atoms with E-state index in [4.69, 9.17) is 4.74 Å². The molecule has 0 amide bonds. The minimum atomic E-state index is 0.0673. The summed E-state index contributed by atoms with van der Waals surface area (Å²) in [7, 11) is 0. The number of rotatable bonds is 5. The lowest BCUT2D eigenvalue weighted by molar-refractivity contribution is 0.232. The summed E-state index contributed by atoms with van der Waals surface area (Å²) in [4.78, 5) is 13.2. The van der Waals surface area contributed by atoms with E-state index in [0.717, 1.165) is 37.5 Å². The van der Waals surface area contributed by atoms with Gasteiger partial charge >= 0.3 is 0 Å².